The van der Waals surface area contributed by atoms with Crippen LogP contribution < -0.4 is 10.6 Å². The zero-order valence-electron chi connectivity index (χ0n) is 16.9. The minimum Gasteiger partial charge on any atom is -0.343 e. The Balaban J connectivity index is 1.24. The van der Waals surface area contributed by atoms with Gasteiger partial charge in [0.25, 0.3) is 0 Å². The second kappa shape index (κ2) is 8.84. The van der Waals surface area contributed by atoms with E-state index in [2.05, 4.69) is 10.6 Å². The van der Waals surface area contributed by atoms with Crippen molar-refractivity contribution in [1.29, 1.82) is 0 Å². The van der Waals surface area contributed by atoms with Gasteiger partial charge < -0.3 is 20.4 Å². The second-order valence-electron chi connectivity index (χ2n) is 8.41. The van der Waals surface area contributed by atoms with Gasteiger partial charge in [0.2, 0.25) is 11.8 Å². The van der Waals surface area contributed by atoms with Crippen molar-refractivity contribution < 1.29 is 14.4 Å². The van der Waals surface area contributed by atoms with E-state index in [-0.39, 0.29) is 17.8 Å². The Morgan fingerprint density at radius 1 is 1.00 bits per heavy atom. The number of hydrogen-bond donors (Lipinski definition) is 2. The van der Waals surface area contributed by atoms with Gasteiger partial charge >= 0.3 is 6.03 Å². The number of aryl methyl sites for hydroxylation is 1. The summed E-state index contributed by atoms with van der Waals surface area (Å²) in [5.74, 6) is 0.456. The van der Waals surface area contributed by atoms with Gasteiger partial charge in [0.15, 0.2) is 0 Å². The summed E-state index contributed by atoms with van der Waals surface area (Å²) in [5.41, 5.74) is 1.93. The molecule has 1 unspecified atom stereocenters. The Morgan fingerprint density at radius 3 is 2.48 bits per heavy atom. The van der Waals surface area contributed by atoms with Crippen molar-refractivity contribution in [1.82, 2.24) is 15.1 Å². The van der Waals surface area contributed by atoms with Crippen molar-refractivity contribution in [2.45, 2.75) is 51.0 Å². The molecule has 3 aliphatic rings. The van der Waals surface area contributed by atoms with Crippen molar-refractivity contribution in [3.05, 3.63) is 29.8 Å². The summed E-state index contributed by atoms with van der Waals surface area (Å²) >= 11 is 0. The maximum atomic E-state index is 12.7. The molecule has 1 aromatic rings. The zero-order chi connectivity index (χ0) is 20.2. The summed E-state index contributed by atoms with van der Waals surface area (Å²) < 4.78 is 0. The van der Waals surface area contributed by atoms with E-state index < -0.39 is 6.04 Å². The smallest absolute Gasteiger partial charge is 0.318 e. The van der Waals surface area contributed by atoms with Crippen LogP contribution in [0.5, 0.6) is 0 Å². The van der Waals surface area contributed by atoms with Gasteiger partial charge in [0.05, 0.1) is 0 Å². The highest BCUT2D eigenvalue weighted by Crippen LogP contribution is 2.24. The maximum Gasteiger partial charge on any atom is 0.318 e. The molecule has 4 rings (SSSR count). The molecule has 0 bridgehead atoms. The molecular formula is C22H30N4O3. The minimum absolute atomic E-state index is 0.158. The van der Waals surface area contributed by atoms with Crippen molar-refractivity contribution in [3.8, 4) is 0 Å². The first-order valence-electron chi connectivity index (χ1n) is 10.8. The summed E-state index contributed by atoms with van der Waals surface area (Å²) in [7, 11) is 0. The third-order valence-electron chi connectivity index (χ3n) is 6.42. The van der Waals surface area contributed by atoms with Gasteiger partial charge in [-0.05, 0) is 56.1 Å². The fourth-order valence-corrected chi connectivity index (χ4v) is 4.57. The first-order chi connectivity index (χ1) is 14.1. The molecule has 4 amide bonds. The summed E-state index contributed by atoms with van der Waals surface area (Å²) in [6.45, 7) is 3.07. The number of carbonyl (C=O) groups excluding carboxylic acids is 3. The van der Waals surface area contributed by atoms with Crippen LogP contribution in [0.3, 0.4) is 0 Å². The molecule has 156 valence electrons. The van der Waals surface area contributed by atoms with Crippen LogP contribution in [0.15, 0.2) is 24.3 Å². The highest BCUT2D eigenvalue weighted by Gasteiger charge is 2.30. The molecule has 3 aliphatic heterocycles. The van der Waals surface area contributed by atoms with E-state index in [0.29, 0.717) is 31.8 Å². The molecule has 2 N–H and O–H groups in total. The lowest BCUT2D eigenvalue weighted by atomic mass is 9.93. The Kier molecular flexibility index (Phi) is 6.02. The number of benzene rings is 1. The van der Waals surface area contributed by atoms with E-state index in [1.54, 1.807) is 4.90 Å². The molecule has 7 heteroatoms. The first kappa shape index (κ1) is 19.7. The third kappa shape index (κ3) is 4.71. The number of nitrogens with one attached hydrogen (secondary N) is 2. The zero-order valence-corrected chi connectivity index (χ0v) is 16.9. The third-order valence-corrected chi connectivity index (χ3v) is 6.42. The van der Waals surface area contributed by atoms with Crippen LogP contribution in [0.4, 0.5) is 10.5 Å². The number of urea groups is 1. The van der Waals surface area contributed by atoms with Crippen LogP contribution in [-0.4, -0.2) is 59.9 Å². The average Bonchev–Trinajstić information content (AvgIpc) is 3.22. The number of rotatable bonds is 3. The monoisotopic (exact) mass is 398 g/mol. The van der Waals surface area contributed by atoms with E-state index in [1.165, 1.54) is 0 Å². The average molecular weight is 399 g/mol. The summed E-state index contributed by atoms with van der Waals surface area (Å²) in [4.78, 5) is 41.3. The van der Waals surface area contributed by atoms with Crippen molar-refractivity contribution in [3.63, 3.8) is 0 Å². The SMILES string of the molecule is O=C1Nc2ccccc2CCC1NC(=O)N1CCC(CC(=O)N2CCCC2)CC1. The number of fused-ring (bicyclic) bond motifs is 1. The van der Waals surface area contributed by atoms with E-state index in [9.17, 15) is 14.4 Å². The highest BCUT2D eigenvalue weighted by molar-refractivity contribution is 5.98. The molecule has 2 fully saturated rings. The number of amides is 4. The van der Waals surface area contributed by atoms with E-state index >= 15 is 0 Å². The molecule has 0 spiro atoms. The van der Waals surface area contributed by atoms with Crippen molar-refractivity contribution in [2.75, 3.05) is 31.5 Å². The molecule has 0 aromatic heterocycles. The van der Waals surface area contributed by atoms with E-state index in [4.69, 9.17) is 0 Å². The number of para-hydroxylation sites is 1. The Bertz CT molecular complexity index is 767. The van der Waals surface area contributed by atoms with Crippen LogP contribution in [0.25, 0.3) is 0 Å². The lowest BCUT2D eigenvalue weighted by molar-refractivity contribution is -0.131. The van der Waals surface area contributed by atoms with Crippen LogP contribution in [0.2, 0.25) is 0 Å². The van der Waals surface area contributed by atoms with E-state index in [1.807, 2.05) is 29.2 Å². The fourth-order valence-electron chi connectivity index (χ4n) is 4.57. The Hall–Kier alpha value is -2.57. The largest absolute Gasteiger partial charge is 0.343 e. The Morgan fingerprint density at radius 2 is 1.72 bits per heavy atom. The predicted molar refractivity (Wildman–Crippen MR) is 110 cm³/mol. The minimum atomic E-state index is -0.524. The van der Waals surface area contributed by atoms with Gasteiger partial charge in [-0.2, -0.15) is 0 Å². The number of likely N-dealkylation sites (tertiary alicyclic amines) is 2. The van der Waals surface area contributed by atoms with E-state index in [0.717, 1.165) is 56.4 Å². The van der Waals surface area contributed by atoms with Crippen LogP contribution in [0.1, 0.15) is 44.1 Å². The van der Waals surface area contributed by atoms with Gasteiger partial charge in [0, 0.05) is 38.3 Å². The fraction of sp³-hybridized carbons (Fsp3) is 0.591. The number of piperidine rings is 1. The summed E-state index contributed by atoms with van der Waals surface area (Å²) in [6.07, 6.45) is 5.85. The maximum absolute atomic E-state index is 12.7. The molecule has 7 nitrogen and oxygen atoms in total. The molecule has 0 aliphatic carbocycles. The number of hydrogen-bond acceptors (Lipinski definition) is 3. The van der Waals surface area contributed by atoms with Crippen LogP contribution >= 0.6 is 0 Å². The number of carbonyl (C=O) groups is 3. The molecule has 3 heterocycles. The quantitative estimate of drug-likeness (QED) is 0.820. The van der Waals surface area contributed by atoms with Gasteiger partial charge in [0.1, 0.15) is 6.04 Å². The normalized spacial score (nSPS) is 22.6. The summed E-state index contributed by atoms with van der Waals surface area (Å²) in [6, 6.07) is 7.06. The standard InChI is InChI=1S/C22H30N4O3/c27-20(25-11-3-4-12-25)15-16-9-13-26(14-10-16)22(29)24-19-8-7-17-5-1-2-6-18(17)23-21(19)28/h1-2,5-6,16,19H,3-4,7-15H2,(H,23,28)(H,24,29). The molecular weight excluding hydrogens is 368 g/mol. The number of anilines is 1. The van der Waals surface area contributed by atoms with Crippen LogP contribution in [0, 0.1) is 5.92 Å². The number of nitrogens with zero attached hydrogens (tertiary/aromatic N) is 2. The van der Waals surface area contributed by atoms with Gasteiger partial charge in [-0.15, -0.1) is 0 Å². The van der Waals surface area contributed by atoms with Gasteiger partial charge in [-0.3, -0.25) is 9.59 Å². The molecule has 0 radical (unpaired) electrons. The highest BCUT2D eigenvalue weighted by atomic mass is 16.2. The van der Waals surface area contributed by atoms with Crippen molar-refractivity contribution >= 4 is 23.5 Å². The molecule has 29 heavy (non-hydrogen) atoms. The molecule has 2 saturated heterocycles. The molecule has 0 saturated carbocycles. The van der Waals surface area contributed by atoms with Gasteiger partial charge in [-0.25, -0.2) is 4.79 Å². The van der Waals surface area contributed by atoms with Crippen LogP contribution in [-0.2, 0) is 16.0 Å². The predicted octanol–water partition coefficient (Wildman–Crippen LogP) is 2.37. The topological polar surface area (TPSA) is 81.8 Å². The lowest BCUT2D eigenvalue weighted by Crippen LogP contribution is -2.51. The first-order valence-corrected chi connectivity index (χ1v) is 10.8. The summed E-state index contributed by atoms with van der Waals surface area (Å²) in [5, 5.41) is 5.84. The lowest BCUT2D eigenvalue weighted by Gasteiger charge is -2.33. The van der Waals surface area contributed by atoms with Crippen molar-refractivity contribution in [2.24, 2.45) is 5.92 Å². The second-order valence-corrected chi connectivity index (χ2v) is 8.41. The van der Waals surface area contributed by atoms with Gasteiger partial charge in [-0.1, -0.05) is 18.2 Å². The molecule has 1 aromatic carbocycles. The Labute approximate surface area is 171 Å². The molecule has 1 atom stereocenters.